The first-order valence-corrected chi connectivity index (χ1v) is 14.5. The molecule has 1 aliphatic rings. The minimum Gasteiger partial charge on any atom is -0.394 e. The van der Waals surface area contributed by atoms with Crippen molar-refractivity contribution in [2.24, 2.45) is 5.73 Å². The number of rotatable bonds is 23. The summed E-state index contributed by atoms with van der Waals surface area (Å²) in [5.74, 6) is 0. The lowest BCUT2D eigenvalue weighted by Gasteiger charge is -2.41. The van der Waals surface area contributed by atoms with Crippen LogP contribution in [0.25, 0.3) is 0 Å². The summed E-state index contributed by atoms with van der Waals surface area (Å²) in [6.07, 6.45) is 17.8. The molecule has 210 valence electrons. The quantitative estimate of drug-likeness (QED) is 0.152. The molecule has 0 bridgehead atoms. The summed E-state index contributed by atoms with van der Waals surface area (Å²) in [7, 11) is 1.70. The summed E-state index contributed by atoms with van der Waals surface area (Å²) < 4.78 is 17.1. The monoisotopic (exact) mass is 503 g/mol. The molecule has 35 heavy (non-hydrogen) atoms. The van der Waals surface area contributed by atoms with Crippen molar-refractivity contribution in [3.63, 3.8) is 0 Å². The molecule has 0 aromatic heterocycles. The van der Waals surface area contributed by atoms with Crippen molar-refractivity contribution >= 4 is 0 Å². The van der Waals surface area contributed by atoms with E-state index in [9.17, 15) is 15.3 Å². The first-order chi connectivity index (χ1) is 17.0. The van der Waals surface area contributed by atoms with Gasteiger partial charge in [0.2, 0.25) is 0 Å². The number of methoxy groups -OCH3 is 1. The van der Waals surface area contributed by atoms with E-state index in [1.165, 1.54) is 83.5 Å². The minimum atomic E-state index is -1.15. The van der Waals surface area contributed by atoms with E-state index in [4.69, 9.17) is 19.9 Å². The zero-order valence-corrected chi connectivity index (χ0v) is 22.7. The molecule has 1 aliphatic heterocycles. The van der Waals surface area contributed by atoms with Gasteiger partial charge in [0.15, 0.2) is 0 Å². The van der Waals surface area contributed by atoms with Gasteiger partial charge in [0.05, 0.1) is 31.5 Å². The number of nitrogens with two attached hydrogens (primary N) is 1. The molecule has 0 unspecified atom stereocenters. The smallest absolute Gasteiger partial charge is 0.110 e. The van der Waals surface area contributed by atoms with Gasteiger partial charge in [-0.1, -0.05) is 90.4 Å². The first-order valence-electron chi connectivity index (χ1n) is 14.5. The van der Waals surface area contributed by atoms with Crippen LogP contribution in [-0.2, 0) is 14.2 Å². The fraction of sp³-hybridized carbons (Fsp3) is 1.00. The van der Waals surface area contributed by atoms with E-state index in [1.807, 2.05) is 0 Å². The molecule has 5 N–H and O–H groups in total. The van der Waals surface area contributed by atoms with Crippen LogP contribution in [0.1, 0.15) is 116 Å². The van der Waals surface area contributed by atoms with Crippen LogP contribution in [0.5, 0.6) is 0 Å². The molecule has 0 aromatic carbocycles. The van der Waals surface area contributed by atoms with E-state index in [2.05, 4.69) is 6.92 Å². The minimum absolute atomic E-state index is 0.0191. The number of hydrogen-bond donors (Lipinski definition) is 4. The van der Waals surface area contributed by atoms with Crippen molar-refractivity contribution in [2.75, 3.05) is 26.9 Å². The second-order valence-electron chi connectivity index (χ2n) is 10.4. The highest BCUT2D eigenvalue weighted by atomic mass is 16.5. The number of unbranched alkanes of at least 4 members (excludes halogenated alkanes) is 13. The maximum atomic E-state index is 10.1. The summed E-state index contributed by atoms with van der Waals surface area (Å²) in [5.41, 5.74) is 6.01. The van der Waals surface area contributed by atoms with E-state index >= 15 is 0 Å². The highest BCUT2D eigenvalue weighted by Gasteiger charge is 2.41. The molecular weight excluding hydrogens is 446 g/mol. The summed E-state index contributed by atoms with van der Waals surface area (Å²) in [6.45, 7) is 3.29. The fourth-order valence-corrected chi connectivity index (χ4v) is 4.90. The van der Waals surface area contributed by atoms with Gasteiger partial charge in [-0.05, 0) is 25.7 Å². The van der Waals surface area contributed by atoms with Gasteiger partial charge in [0, 0.05) is 13.7 Å². The Labute approximate surface area is 215 Å². The van der Waals surface area contributed by atoms with Crippen molar-refractivity contribution in [1.29, 1.82) is 0 Å². The molecule has 7 heteroatoms. The molecule has 0 amide bonds. The lowest BCUT2D eigenvalue weighted by molar-refractivity contribution is -0.190. The Bertz CT molecular complexity index is 467. The van der Waals surface area contributed by atoms with E-state index in [0.29, 0.717) is 13.0 Å². The first kappa shape index (κ1) is 32.7. The highest BCUT2D eigenvalue weighted by molar-refractivity contribution is 4.94. The Morgan fingerprint density at radius 2 is 1.31 bits per heavy atom. The molecule has 0 saturated carbocycles. The van der Waals surface area contributed by atoms with Gasteiger partial charge in [-0.25, -0.2) is 0 Å². The maximum absolute atomic E-state index is 10.1. The maximum Gasteiger partial charge on any atom is 0.110 e. The molecule has 1 heterocycles. The average molecular weight is 504 g/mol. The van der Waals surface area contributed by atoms with Gasteiger partial charge in [-0.2, -0.15) is 0 Å². The van der Waals surface area contributed by atoms with Gasteiger partial charge in [-0.3, -0.25) is 0 Å². The predicted octanol–water partition coefficient (Wildman–Crippen LogP) is 4.48. The molecule has 1 fully saturated rings. The van der Waals surface area contributed by atoms with E-state index in [0.717, 1.165) is 25.9 Å². The van der Waals surface area contributed by atoms with Crippen molar-refractivity contribution in [3.8, 4) is 0 Å². The lowest BCUT2D eigenvalue weighted by atomic mass is 9.90. The Morgan fingerprint density at radius 1 is 0.771 bits per heavy atom. The zero-order chi connectivity index (χ0) is 25.7. The van der Waals surface area contributed by atoms with Crippen molar-refractivity contribution in [3.05, 3.63) is 0 Å². The topological polar surface area (TPSA) is 114 Å². The molecule has 1 saturated heterocycles. The van der Waals surface area contributed by atoms with E-state index in [1.54, 1.807) is 7.11 Å². The van der Waals surface area contributed by atoms with Gasteiger partial charge < -0.3 is 35.3 Å². The summed E-state index contributed by atoms with van der Waals surface area (Å²) in [5, 5.41) is 29.3. The number of aliphatic hydroxyl groups excluding tert-OH is 3. The van der Waals surface area contributed by atoms with Crippen LogP contribution in [-0.4, -0.2) is 78.8 Å². The second kappa shape index (κ2) is 21.8. The fourth-order valence-electron chi connectivity index (χ4n) is 4.90. The molecule has 6 atom stereocenters. The van der Waals surface area contributed by atoms with Gasteiger partial charge >= 0.3 is 0 Å². The predicted molar refractivity (Wildman–Crippen MR) is 142 cm³/mol. The molecule has 0 radical (unpaired) electrons. The van der Waals surface area contributed by atoms with Crippen LogP contribution < -0.4 is 5.73 Å². The second-order valence-corrected chi connectivity index (χ2v) is 10.4. The van der Waals surface area contributed by atoms with Crippen LogP contribution in [0.4, 0.5) is 0 Å². The zero-order valence-electron chi connectivity index (χ0n) is 22.7. The van der Waals surface area contributed by atoms with Crippen LogP contribution in [0.15, 0.2) is 0 Å². The molecule has 0 spiro atoms. The van der Waals surface area contributed by atoms with Gasteiger partial charge in [0.25, 0.3) is 0 Å². The van der Waals surface area contributed by atoms with Crippen LogP contribution >= 0.6 is 0 Å². The SMILES string of the molecule is CCCCCCCCCCCCCCCCOC[C@H](CCC[C@@H]1O[C@H](CO)[C@@H](O)[C@H](O)[C@H]1N)OC. The number of aliphatic hydroxyl groups is 3. The summed E-state index contributed by atoms with van der Waals surface area (Å²) >= 11 is 0. The highest BCUT2D eigenvalue weighted by Crippen LogP contribution is 2.23. The largest absolute Gasteiger partial charge is 0.394 e. The average Bonchev–Trinajstić information content (AvgIpc) is 2.87. The van der Waals surface area contributed by atoms with Crippen LogP contribution in [0.2, 0.25) is 0 Å². The van der Waals surface area contributed by atoms with E-state index in [-0.39, 0.29) is 18.8 Å². The third-order valence-electron chi connectivity index (χ3n) is 7.38. The Hall–Kier alpha value is -0.280. The van der Waals surface area contributed by atoms with E-state index < -0.39 is 24.4 Å². The molecule has 7 nitrogen and oxygen atoms in total. The standard InChI is InChI=1S/C28H57NO6/c1-3-4-5-6-7-8-9-10-11-12-13-14-15-16-20-34-22-23(33-2)18-17-19-24-26(29)28(32)27(31)25(21-30)35-24/h23-28,30-32H,3-22,29H2,1-2H3/t23-,24-,25+,26-,27+,28+/m0/s1. The van der Waals surface area contributed by atoms with Crippen molar-refractivity contribution in [2.45, 2.75) is 153 Å². The Morgan fingerprint density at radius 3 is 1.83 bits per heavy atom. The Kier molecular flexibility index (Phi) is 20.4. The third kappa shape index (κ3) is 14.9. The van der Waals surface area contributed by atoms with Crippen LogP contribution in [0.3, 0.4) is 0 Å². The van der Waals surface area contributed by atoms with Gasteiger partial charge in [-0.15, -0.1) is 0 Å². The molecule has 1 rings (SSSR count). The van der Waals surface area contributed by atoms with Crippen LogP contribution in [0, 0.1) is 0 Å². The summed E-state index contributed by atoms with van der Waals surface area (Å²) in [4.78, 5) is 0. The van der Waals surface area contributed by atoms with Crippen molar-refractivity contribution < 1.29 is 29.5 Å². The Balaban J connectivity index is 1.95. The lowest BCUT2D eigenvalue weighted by Crippen LogP contribution is -2.61. The summed E-state index contributed by atoms with van der Waals surface area (Å²) in [6, 6.07) is -0.662. The van der Waals surface area contributed by atoms with Gasteiger partial charge in [0.1, 0.15) is 18.3 Å². The molecular formula is C28H57NO6. The third-order valence-corrected chi connectivity index (χ3v) is 7.38. The number of ether oxygens (including phenoxy) is 3. The molecule has 0 aromatic rings. The number of hydrogen-bond acceptors (Lipinski definition) is 7. The normalized spacial score (nSPS) is 25.7. The molecule has 0 aliphatic carbocycles. The van der Waals surface area contributed by atoms with Crippen molar-refractivity contribution in [1.82, 2.24) is 0 Å².